The van der Waals surface area contributed by atoms with Crippen LogP contribution in [-0.4, -0.2) is 18.6 Å². The fourth-order valence-corrected chi connectivity index (χ4v) is 4.71. The third-order valence-corrected chi connectivity index (χ3v) is 5.61. The number of carbonyl (C=O) groups is 2. The highest BCUT2D eigenvalue weighted by molar-refractivity contribution is 6.23. The minimum atomic E-state index is -0.261. The molecule has 5 heteroatoms. The summed E-state index contributed by atoms with van der Waals surface area (Å²) < 4.78 is 10.7. The average Bonchev–Trinajstić information content (AvgIpc) is 3.29. The van der Waals surface area contributed by atoms with Crippen LogP contribution in [0.2, 0.25) is 0 Å². The number of amides is 2. The van der Waals surface area contributed by atoms with Gasteiger partial charge in [-0.2, -0.15) is 0 Å². The molecule has 1 saturated heterocycles. The van der Waals surface area contributed by atoms with Crippen LogP contribution in [0.5, 0.6) is 11.5 Å². The standard InChI is InChI=1S/C19H17NO4/c1-9(2)15-11-4-5-12(15)17-16(11)18(21)20(19(17)22)10-3-6-13-14(7-10)24-8-23-13/h3-7,11-12,16-17H,8H2,1-2H3/t11-,12+,16-,17-/m0/s1. The van der Waals surface area contributed by atoms with Crippen molar-refractivity contribution in [2.45, 2.75) is 13.8 Å². The summed E-state index contributed by atoms with van der Waals surface area (Å²) in [4.78, 5) is 27.4. The van der Waals surface area contributed by atoms with Gasteiger partial charge in [-0.3, -0.25) is 9.59 Å². The molecular weight excluding hydrogens is 306 g/mol. The van der Waals surface area contributed by atoms with Crippen molar-refractivity contribution in [2.24, 2.45) is 23.7 Å². The molecule has 0 spiro atoms. The Morgan fingerprint density at radius 1 is 1.00 bits per heavy atom. The van der Waals surface area contributed by atoms with E-state index in [9.17, 15) is 9.59 Å². The van der Waals surface area contributed by atoms with Gasteiger partial charge < -0.3 is 9.47 Å². The van der Waals surface area contributed by atoms with Gasteiger partial charge in [0, 0.05) is 17.9 Å². The maximum absolute atomic E-state index is 13.0. The van der Waals surface area contributed by atoms with Gasteiger partial charge >= 0.3 is 0 Å². The number of nitrogens with zero attached hydrogens (tertiary/aromatic N) is 1. The molecule has 0 unspecified atom stereocenters. The molecule has 122 valence electrons. The Bertz CT molecular complexity index is 815. The van der Waals surface area contributed by atoms with Crippen molar-refractivity contribution in [1.82, 2.24) is 0 Å². The Labute approximate surface area is 139 Å². The first-order chi connectivity index (χ1) is 11.6. The van der Waals surface area contributed by atoms with Gasteiger partial charge in [0.1, 0.15) is 0 Å². The van der Waals surface area contributed by atoms with E-state index in [0.717, 1.165) is 0 Å². The first kappa shape index (κ1) is 13.8. The summed E-state index contributed by atoms with van der Waals surface area (Å²) in [6, 6.07) is 5.22. The van der Waals surface area contributed by atoms with E-state index in [1.165, 1.54) is 16.0 Å². The summed E-state index contributed by atoms with van der Waals surface area (Å²) in [5.41, 5.74) is 3.05. The van der Waals surface area contributed by atoms with Gasteiger partial charge in [-0.25, -0.2) is 4.90 Å². The molecule has 5 rings (SSSR count). The molecule has 0 radical (unpaired) electrons. The SMILES string of the molecule is CC(C)=C1[C@H]2C=C[C@@H]1[C@@H]1C(=O)N(c3ccc4c(c3)OCO4)C(=O)[C@H]12. The Hall–Kier alpha value is -2.56. The van der Waals surface area contributed by atoms with Crippen molar-refractivity contribution in [3.8, 4) is 11.5 Å². The highest BCUT2D eigenvalue weighted by Gasteiger charge is 2.61. The van der Waals surface area contributed by atoms with Crippen molar-refractivity contribution < 1.29 is 19.1 Å². The molecule has 4 atom stereocenters. The Morgan fingerprint density at radius 3 is 2.25 bits per heavy atom. The number of fused-ring (bicyclic) bond motifs is 6. The summed E-state index contributed by atoms with van der Waals surface area (Å²) in [5, 5.41) is 0. The molecule has 2 aliphatic heterocycles. The lowest BCUT2D eigenvalue weighted by molar-refractivity contribution is -0.122. The van der Waals surface area contributed by atoms with Crippen LogP contribution in [0.3, 0.4) is 0 Å². The predicted molar refractivity (Wildman–Crippen MR) is 86.5 cm³/mol. The Balaban J connectivity index is 1.56. The molecule has 2 heterocycles. The highest BCUT2D eigenvalue weighted by atomic mass is 16.7. The molecule has 0 N–H and O–H groups in total. The van der Waals surface area contributed by atoms with Gasteiger partial charge in [-0.05, 0) is 26.0 Å². The fourth-order valence-electron chi connectivity index (χ4n) is 4.71. The second kappa shape index (κ2) is 4.50. The molecule has 2 bridgehead atoms. The monoisotopic (exact) mass is 323 g/mol. The van der Waals surface area contributed by atoms with E-state index in [1.807, 2.05) is 0 Å². The molecular formula is C19H17NO4. The number of allylic oxidation sites excluding steroid dienone is 4. The maximum Gasteiger partial charge on any atom is 0.238 e. The van der Waals surface area contributed by atoms with Crippen LogP contribution in [0.25, 0.3) is 0 Å². The fraction of sp³-hybridized carbons (Fsp3) is 0.368. The minimum absolute atomic E-state index is 0.0699. The highest BCUT2D eigenvalue weighted by Crippen LogP contribution is 2.57. The molecule has 2 aliphatic carbocycles. The number of rotatable bonds is 1. The smallest absolute Gasteiger partial charge is 0.238 e. The summed E-state index contributed by atoms with van der Waals surface area (Å²) in [5.74, 6) is 0.647. The number of ether oxygens (including phenoxy) is 2. The Morgan fingerprint density at radius 2 is 1.62 bits per heavy atom. The van der Waals surface area contributed by atoms with Crippen LogP contribution in [0.1, 0.15) is 13.8 Å². The molecule has 1 aromatic carbocycles. The van der Waals surface area contributed by atoms with E-state index in [2.05, 4.69) is 26.0 Å². The summed E-state index contributed by atoms with van der Waals surface area (Å²) in [6.07, 6.45) is 4.20. The second-order valence-electron chi connectivity index (χ2n) is 6.99. The second-order valence-corrected chi connectivity index (χ2v) is 6.99. The Kier molecular flexibility index (Phi) is 2.59. The largest absolute Gasteiger partial charge is 0.454 e. The van der Waals surface area contributed by atoms with Gasteiger partial charge in [0.25, 0.3) is 0 Å². The number of hydrogen-bond donors (Lipinski definition) is 0. The van der Waals surface area contributed by atoms with E-state index < -0.39 is 0 Å². The molecule has 2 fully saturated rings. The van der Waals surface area contributed by atoms with Gasteiger partial charge in [-0.1, -0.05) is 23.3 Å². The van der Waals surface area contributed by atoms with Crippen LogP contribution in [0.4, 0.5) is 5.69 Å². The number of anilines is 1. The van der Waals surface area contributed by atoms with Crippen LogP contribution >= 0.6 is 0 Å². The number of imide groups is 1. The maximum atomic E-state index is 13.0. The lowest BCUT2D eigenvalue weighted by Gasteiger charge is -2.19. The van der Waals surface area contributed by atoms with E-state index in [0.29, 0.717) is 17.2 Å². The lowest BCUT2D eigenvalue weighted by Crippen LogP contribution is -2.33. The van der Waals surface area contributed by atoms with Gasteiger partial charge in [0.15, 0.2) is 11.5 Å². The number of benzene rings is 1. The summed E-state index contributed by atoms with van der Waals surface area (Å²) in [7, 11) is 0. The molecule has 24 heavy (non-hydrogen) atoms. The summed E-state index contributed by atoms with van der Waals surface area (Å²) in [6.45, 7) is 4.30. The minimum Gasteiger partial charge on any atom is -0.454 e. The van der Waals surface area contributed by atoms with Crippen molar-refractivity contribution >= 4 is 17.5 Å². The molecule has 0 aromatic heterocycles. The van der Waals surface area contributed by atoms with E-state index in [4.69, 9.17) is 9.47 Å². The van der Waals surface area contributed by atoms with Crippen molar-refractivity contribution in [3.63, 3.8) is 0 Å². The van der Waals surface area contributed by atoms with E-state index in [-0.39, 0.29) is 42.3 Å². The quantitative estimate of drug-likeness (QED) is 0.589. The zero-order chi connectivity index (χ0) is 16.6. The predicted octanol–water partition coefficient (Wildman–Crippen LogP) is 2.67. The van der Waals surface area contributed by atoms with Crippen LogP contribution in [0, 0.1) is 23.7 Å². The van der Waals surface area contributed by atoms with E-state index >= 15 is 0 Å². The normalized spacial score (nSPS) is 32.1. The topological polar surface area (TPSA) is 55.8 Å². The van der Waals surface area contributed by atoms with Gasteiger partial charge in [0.2, 0.25) is 18.6 Å². The third-order valence-electron chi connectivity index (χ3n) is 5.61. The number of hydrogen-bond acceptors (Lipinski definition) is 4. The van der Waals surface area contributed by atoms with Gasteiger partial charge in [-0.15, -0.1) is 0 Å². The first-order valence-electron chi connectivity index (χ1n) is 8.21. The first-order valence-corrected chi connectivity index (χ1v) is 8.21. The average molecular weight is 323 g/mol. The summed E-state index contributed by atoms with van der Waals surface area (Å²) >= 11 is 0. The molecule has 1 saturated carbocycles. The third kappa shape index (κ3) is 1.54. The van der Waals surface area contributed by atoms with Crippen molar-refractivity contribution in [2.75, 3.05) is 11.7 Å². The van der Waals surface area contributed by atoms with Crippen LogP contribution in [-0.2, 0) is 9.59 Å². The molecule has 5 nitrogen and oxygen atoms in total. The lowest BCUT2D eigenvalue weighted by atomic mass is 9.85. The van der Waals surface area contributed by atoms with E-state index in [1.54, 1.807) is 18.2 Å². The van der Waals surface area contributed by atoms with Crippen molar-refractivity contribution in [1.29, 1.82) is 0 Å². The van der Waals surface area contributed by atoms with Crippen LogP contribution in [0.15, 0.2) is 41.5 Å². The van der Waals surface area contributed by atoms with Crippen LogP contribution < -0.4 is 14.4 Å². The number of carbonyl (C=O) groups excluding carboxylic acids is 2. The van der Waals surface area contributed by atoms with Crippen molar-refractivity contribution in [3.05, 3.63) is 41.5 Å². The zero-order valence-corrected chi connectivity index (χ0v) is 13.5. The zero-order valence-electron chi connectivity index (χ0n) is 13.5. The van der Waals surface area contributed by atoms with Gasteiger partial charge in [0.05, 0.1) is 17.5 Å². The molecule has 4 aliphatic rings. The molecule has 1 aromatic rings. The molecule has 2 amide bonds.